The van der Waals surface area contributed by atoms with Gasteiger partial charge in [0.1, 0.15) is 0 Å². The van der Waals surface area contributed by atoms with E-state index in [1.165, 1.54) is 0 Å². The van der Waals surface area contributed by atoms with Gasteiger partial charge < -0.3 is 14.0 Å². The number of hydrogen-bond acceptors (Lipinski definition) is 5. The number of aromatic nitrogens is 2. The van der Waals surface area contributed by atoms with E-state index in [2.05, 4.69) is 10.1 Å². The minimum absolute atomic E-state index is 0.354. The molecule has 0 N–H and O–H groups in total. The topological polar surface area (TPSA) is 57.4 Å². The fourth-order valence-corrected chi connectivity index (χ4v) is 2.58. The van der Waals surface area contributed by atoms with Crippen LogP contribution in [-0.2, 0) is 0 Å². The van der Waals surface area contributed by atoms with Crippen molar-refractivity contribution in [3.63, 3.8) is 0 Å². The van der Waals surface area contributed by atoms with Crippen molar-refractivity contribution < 1.29 is 14.0 Å². The summed E-state index contributed by atoms with van der Waals surface area (Å²) in [5.41, 5.74) is 1.36. The molecule has 0 bridgehead atoms. The SMILES string of the molecule is COc1ccc(-c2nc(-c3ccc(Cl)cc3Cl)no2)cc1OC. The van der Waals surface area contributed by atoms with Gasteiger partial charge in [0.25, 0.3) is 5.89 Å². The van der Waals surface area contributed by atoms with E-state index in [4.69, 9.17) is 37.2 Å². The van der Waals surface area contributed by atoms with Gasteiger partial charge in [-0.2, -0.15) is 4.98 Å². The summed E-state index contributed by atoms with van der Waals surface area (Å²) >= 11 is 12.1. The molecule has 0 spiro atoms. The van der Waals surface area contributed by atoms with Crippen LogP contribution in [0.1, 0.15) is 0 Å². The lowest BCUT2D eigenvalue weighted by Gasteiger charge is -2.07. The zero-order valence-corrected chi connectivity index (χ0v) is 13.9. The summed E-state index contributed by atoms with van der Waals surface area (Å²) in [5, 5.41) is 4.97. The van der Waals surface area contributed by atoms with Gasteiger partial charge in [-0.1, -0.05) is 28.4 Å². The molecule has 0 amide bonds. The molecule has 0 aliphatic rings. The summed E-state index contributed by atoms with van der Waals surface area (Å²) < 4.78 is 15.8. The van der Waals surface area contributed by atoms with Crippen LogP contribution in [0.2, 0.25) is 10.0 Å². The minimum Gasteiger partial charge on any atom is -0.493 e. The summed E-state index contributed by atoms with van der Waals surface area (Å²) in [5.74, 6) is 1.94. The Labute approximate surface area is 142 Å². The smallest absolute Gasteiger partial charge is 0.258 e. The molecule has 0 atom stereocenters. The van der Waals surface area contributed by atoms with Crippen molar-refractivity contribution in [2.45, 2.75) is 0 Å². The highest BCUT2D eigenvalue weighted by atomic mass is 35.5. The first-order valence-electron chi connectivity index (χ1n) is 6.64. The van der Waals surface area contributed by atoms with Gasteiger partial charge in [-0.15, -0.1) is 0 Å². The molecule has 23 heavy (non-hydrogen) atoms. The molecule has 118 valence electrons. The summed E-state index contributed by atoms with van der Waals surface area (Å²) in [6.45, 7) is 0. The average Bonchev–Trinajstić information content (AvgIpc) is 3.03. The van der Waals surface area contributed by atoms with E-state index in [1.807, 2.05) is 6.07 Å². The lowest BCUT2D eigenvalue weighted by atomic mass is 10.2. The van der Waals surface area contributed by atoms with Crippen LogP contribution < -0.4 is 9.47 Å². The molecule has 3 rings (SSSR count). The zero-order chi connectivity index (χ0) is 16.4. The molecule has 3 aromatic rings. The van der Waals surface area contributed by atoms with Crippen LogP contribution >= 0.6 is 23.2 Å². The summed E-state index contributed by atoms with van der Waals surface area (Å²) in [7, 11) is 3.14. The molecule has 1 heterocycles. The number of methoxy groups -OCH3 is 2. The van der Waals surface area contributed by atoms with E-state index in [9.17, 15) is 0 Å². The molecule has 7 heteroatoms. The van der Waals surface area contributed by atoms with E-state index < -0.39 is 0 Å². The Balaban J connectivity index is 1.99. The van der Waals surface area contributed by atoms with Crippen LogP contribution in [0.4, 0.5) is 0 Å². The van der Waals surface area contributed by atoms with Crippen molar-refractivity contribution in [2.24, 2.45) is 0 Å². The molecule has 0 unspecified atom stereocenters. The van der Waals surface area contributed by atoms with Crippen LogP contribution in [-0.4, -0.2) is 24.4 Å². The number of benzene rings is 2. The predicted octanol–water partition coefficient (Wildman–Crippen LogP) is 4.73. The Bertz CT molecular complexity index is 849. The monoisotopic (exact) mass is 350 g/mol. The highest BCUT2D eigenvalue weighted by Crippen LogP contribution is 2.33. The summed E-state index contributed by atoms with van der Waals surface area (Å²) in [4.78, 5) is 4.37. The van der Waals surface area contributed by atoms with Gasteiger partial charge in [0.05, 0.1) is 19.2 Å². The van der Waals surface area contributed by atoms with Crippen molar-refractivity contribution in [2.75, 3.05) is 14.2 Å². The second kappa shape index (κ2) is 6.48. The Morgan fingerprint density at radius 2 is 1.74 bits per heavy atom. The molecule has 0 saturated carbocycles. The molecular formula is C16H12Cl2N2O3. The normalized spacial score (nSPS) is 10.6. The van der Waals surface area contributed by atoms with Gasteiger partial charge in [0.2, 0.25) is 5.82 Å². The van der Waals surface area contributed by atoms with Crippen molar-refractivity contribution in [1.82, 2.24) is 10.1 Å². The van der Waals surface area contributed by atoms with Gasteiger partial charge in [-0.3, -0.25) is 0 Å². The number of nitrogens with zero attached hydrogens (tertiary/aromatic N) is 2. The van der Waals surface area contributed by atoms with Crippen LogP contribution in [0.15, 0.2) is 40.9 Å². The fraction of sp³-hybridized carbons (Fsp3) is 0.125. The van der Waals surface area contributed by atoms with Crippen LogP contribution in [0, 0.1) is 0 Å². The Kier molecular flexibility index (Phi) is 4.41. The third-order valence-corrected chi connectivity index (χ3v) is 3.78. The average molecular weight is 351 g/mol. The van der Waals surface area contributed by atoms with Gasteiger partial charge in [-0.05, 0) is 36.4 Å². The number of hydrogen-bond donors (Lipinski definition) is 0. The first kappa shape index (κ1) is 15.6. The van der Waals surface area contributed by atoms with E-state index >= 15 is 0 Å². The van der Waals surface area contributed by atoms with E-state index in [-0.39, 0.29) is 0 Å². The van der Waals surface area contributed by atoms with Crippen LogP contribution in [0.25, 0.3) is 22.8 Å². The fourth-order valence-electron chi connectivity index (χ4n) is 2.09. The Hall–Kier alpha value is -2.24. The lowest BCUT2D eigenvalue weighted by Crippen LogP contribution is -1.91. The molecule has 0 aliphatic carbocycles. The summed E-state index contributed by atoms with van der Waals surface area (Å²) in [6, 6.07) is 10.4. The number of ether oxygens (including phenoxy) is 2. The van der Waals surface area contributed by atoms with E-state index in [0.29, 0.717) is 44.4 Å². The lowest BCUT2D eigenvalue weighted by molar-refractivity contribution is 0.355. The second-order valence-electron chi connectivity index (χ2n) is 4.62. The third-order valence-electron chi connectivity index (χ3n) is 3.23. The van der Waals surface area contributed by atoms with Crippen molar-refractivity contribution in [3.8, 4) is 34.3 Å². The first-order chi connectivity index (χ1) is 11.1. The molecule has 2 aromatic carbocycles. The minimum atomic E-state index is 0.354. The molecule has 1 aromatic heterocycles. The van der Waals surface area contributed by atoms with Crippen LogP contribution in [0.5, 0.6) is 11.5 Å². The largest absolute Gasteiger partial charge is 0.493 e. The molecule has 5 nitrogen and oxygen atoms in total. The molecular weight excluding hydrogens is 339 g/mol. The van der Waals surface area contributed by atoms with Crippen molar-refractivity contribution in [3.05, 3.63) is 46.4 Å². The highest BCUT2D eigenvalue weighted by Gasteiger charge is 2.15. The predicted molar refractivity (Wildman–Crippen MR) is 88.3 cm³/mol. The molecule has 0 aliphatic heterocycles. The highest BCUT2D eigenvalue weighted by molar-refractivity contribution is 6.36. The van der Waals surface area contributed by atoms with Crippen molar-refractivity contribution in [1.29, 1.82) is 0 Å². The first-order valence-corrected chi connectivity index (χ1v) is 7.39. The maximum absolute atomic E-state index is 6.16. The molecule has 0 radical (unpaired) electrons. The van der Waals surface area contributed by atoms with Gasteiger partial charge in [-0.25, -0.2) is 0 Å². The van der Waals surface area contributed by atoms with Gasteiger partial charge >= 0.3 is 0 Å². The van der Waals surface area contributed by atoms with E-state index in [1.54, 1.807) is 44.6 Å². The third kappa shape index (κ3) is 3.11. The maximum atomic E-state index is 6.16. The van der Waals surface area contributed by atoms with Crippen LogP contribution in [0.3, 0.4) is 0 Å². The number of rotatable bonds is 4. The number of halogens is 2. The van der Waals surface area contributed by atoms with Gasteiger partial charge in [0, 0.05) is 16.1 Å². The summed E-state index contributed by atoms with van der Waals surface area (Å²) in [6.07, 6.45) is 0. The zero-order valence-electron chi connectivity index (χ0n) is 12.3. The molecule has 0 fully saturated rings. The quantitative estimate of drug-likeness (QED) is 0.680. The molecule has 0 saturated heterocycles. The van der Waals surface area contributed by atoms with Gasteiger partial charge in [0.15, 0.2) is 11.5 Å². The Morgan fingerprint density at radius 3 is 2.43 bits per heavy atom. The second-order valence-corrected chi connectivity index (χ2v) is 5.46. The van der Waals surface area contributed by atoms with E-state index in [0.717, 1.165) is 0 Å². The standard InChI is InChI=1S/C16H12Cl2N2O3/c1-21-13-6-3-9(7-14(13)22-2)16-19-15(20-23-16)11-5-4-10(17)8-12(11)18/h3-8H,1-2H3. The van der Waals surface area contributed by atoms with Crippen molar-refractivity contribution >= 4 is 23.2 Å². The maximum Gasteiger partial charge on any atom is 0.258 e. The Morgan fingerprint density at radius 1 is 0.957 bits per heavy atom.